The summed E-state index contributed by atoms with van der Waals surface area (Å²) >= 11 is 0. The van der Waals surface area contributed by atoms with Gasteiger partial charge in [0.25, 0.3) is 0 Å². The molecular weight excluding hydrogens is 230 g/mol. The van der Waals surface area contributed by atoms with Crippen LogP contribution in [0.1, 0.15) is 51.2 Å². The van der Waals surface area contributed by atoms with Crippen molar-refractivity contribution < 1.29 is 9.63 Å². The number of β-amino-alcohol motifs (C(OH)–C–C–N with tert-alkyl or cyclic N) is 1. The Morgan fingerprint density at radius 3 is 3.06 bits per heavy atom. The van der Waals surface area contributed by atoms with Crippen molar-refractivity contribution in [2.75, 3.05) is 13.1 Å². The predicted molar refractivity (Wildman–Crippen MR) is 68.0 cm³/mol. The zero-order chi connectivity index (χ0) is 13.0. The van der Waals surface area contributed by atoms with Crippen LogP contribution < -0.4 is 0 Å². The third-order valence-corrected chi connectivity index (χ3v) is 3.38. The van der Waals surface area contributed by atoms with E-state index in [9.17, 15) is 5.11 Å². The number of likely N-dealkylation sites (tertiary alicyclic amines) is 1. The Balaban J connectivity index is 1.87. The van der Waals surface area contributed by atoms with Crippen LogP contribution >= 0.6 is 0 Å². The van der Waals surface area contributed by atoms with Crippen molar-refractivity contribution >= 4 is 0 Å². The molecule has 0 radical (unpaired) electrons. The summed E-state index contributed by atoms with van der Waals surface area (Å²) < 4.78 is 5.25. The number of nitrogens with zero attached hydrogens (tertiary/aromatic N) is 3. The van der Waals surface area contributed by atoms with Crippen molar-refractivity contribution in [3.8, 4) is 0 Å². The van der Waals surface area contributed by atoms with E-state index in [4.69, 9.17) is 4.52 Å². The van der Waals surface area contributed by atoms with Crippen molar-refractivity contribution in [3.05, 3.63) is 11.7 Å². The van der Waals surface area contributed by atoms with Crippen molar-refractivity contribution in [3.63, 3.8) is 0 Å². The van der Waals surface area contributed by atoms with Crippen LogP contribution in [0.25, 0.3) is 0 Å². The second-order valence-corrected chi connectivity index (χ2v) is 5.52. The first kappa shape index (κ1) is 13.5. The number of piperidine rings is 1. The van der Waals surface area contributed by atoms with Gasteiger partial charge < -0.3 is 9.63 Å². The molecule has 0 bridgehead atoms. The molecule has 1 unspecified atom stereocenters. The van der Waals surface area contributed by atoms with Crippen LogP contribution in [0.3, 0.4) is 0 Å². The minimum Gasteiger partial charge on any atom is -0.389 e. The van der Waals surface area contributed by atoms with Gasteiger partial charge in [-0.2, -0.15) is 4.98 Å². The molecule has 0 aliphatic carbocycles. The number of hydrogen-bond donors (Lipinski definition) is 1. The van der Waals surface area contributed by atoms with Gasteiger partial charge in [-0.25, -0.2) is 0 Å². The van der Waals surface area contributed by atoms with Crippen molar-refractivity contribution in [2.45, 2.75) is 58.1 Å². The van der Waals surface area contributed by atoms with Gasteiger partial charge in [0.1, 0.15) is 0 Å². The Morgan fingerprint density at radius 2 is 2.33 bits per heavy atom. The number of aliphatic hydroxyl groups is 1. The maximum atomic E-state index is 10.0. The van der Waals surface area contributed by atoms with E-state index in [0.717, 1.165) is 44.5 Å². The highest BCUT2D eigenvalue weighted by Crippen LogP contribution is 2.21. The fourth-order valence-electron chi connectivity index (χ4n) is 2.44. The Morgan fingerprint density at radius 1 is 1.50 bits per heavy atom. The second kappa shape index (κ2) is 5.80. The SMILES string of the molecule is CCCCc1noc(CN2CCCC(C)(O)C2)n1. The molecule has 0 aromatic carbocycles. The Labute approximate surface area is 108 Å². The molecule has 1 aliphatic heterocycles. The highest BCUT2D eigenvalue weighted by Gasteiger charge is 2.29. The number of aromatic nitrogens is 2. The van der Waals surface area contributed by atoms with E-state index in [0.29, 0.717) is 19.0 Å². The molecule has 0 spiro atoms. The lowest BCUT2D eigenvalue weighted by atomic mass is 9.95. The van der Waals surface area contributed by atoms with E-state index >= 15 is 0 Å². The standard InChI is InChI=1S/C13H23N3O2/c1-3-4-6-11-14-12(18-15-11)9-16-8-5-7-13(2,17)10-16/h17H,3-10H2,1-2H3. The zero-order valence-corrected chi connectivity index (χ0v) is 11.4. The number of hydrogen-bond acceptors (Lipinski definition) is 5. The summed E-state index contributed by atoms with van der Waals surface area (Å²) in [5, 5.41) is 14.0. The summed E-state index contributed by atoms with van der Waals surface area (Å²) in [5.41, 5.74) is -0.580. The van der Waals surface area contributed by atoms with Gasteiger partial charge in [-0.1, -0.05) is 18.5 Å². The van der Waals surface area contributed by atoms with Gasteiger partial charge in [0.05, 0.1) is 12.1 Å². The summed E-state index contributed by atoms with van der Waals surface area (Å²) in [7, 11) is 0. The minimum absolute atomic E-state index is 0.580. The van der Waals surface area contributed by atoms with Gasteiger partial charge in [0.2, 0.25) is 5.89 Å². The quantitative estimate of drug-likeness (QED) is 0.866. The summed E-state index contributed by atoms with van der Waals surface area (Å²) in [4.78, 5) is 6.57. The third-order valence-electron chi connectivity index (χ3n) is 3.38. The summed E-state index contributed by atoms with van der Waals surface area (Å²) in [6.45, 7) is 6.36. The average Bonchev–Trinajstić information content (AvgIpc) is 2.73. The Bertz CT molecular complexity index is 376. The maximum Gasteiger partial charge on any atom is 0.240 e. The van der Waals surface area contributed by atoms with Crippen molar-refractivity contribution in [1.29, 1.82) is 0 Å². The van der Waals surface area contributed by atoms with E-state index in [-0.39, 0.29) is 0 Å². The van der Waals surface area contributed by atoms with Crippen molar-refractivity contribution in [2.24, 2.45) is 0 Å². The van der Waals surface area contributed by atoms with Crippen LogP contribution in [0, 0.1) is 0 Å². The highest BCUT2D eigenvalue weighted by atomic mass is 16.5. The molecule has 1 aliphatic rings. The molecule has 2 rings (SSSR count). The van der Waals surface area contributed by atoms with E-state index < -0.39 is 5.60 Å². The van der Waals surface area contributed by atoms with Gasteiger partial charge in [0.15, 0.2) is 5.82 Å². The minimum atomic E-state index is -0.580. The van der Waals surface area contributed by atoms with E-state index in [1.54, 1.807) is 0 Å². The van der Waals surface area contributed by atoms with E-state index in [2.05, 4.69) is 22.0 Å². The molecule has 5 nitrogen and oxygen atoms in total. The number of rotatable bonds is 5. The average molecular weight is 253 g/mol. The first-order chi connectivity index (χ1) is 8.59. The van der Waals surface area contributed by atoms with Crippen LogP contribution in [-0.2, 0) is 13.0 Å². The number of unbranched alkanes of at least 4 members (excludes halogenated alkanes) is 1. The smallest absolute Gasteiger partial charge is 0.240 e. The monoisotopic (exact) mass is 253 g/mol. The maximum absolute atomic E-state index is 10.0. The normalized spacial score (nSPS) is 25.5. The summed E-state index contributed by atoms with van der Waals surface area (Å²) in [6, 6.07) is 0. The molecule has 0 saturated carbocycles. The molecule has 5 heteroatoms. The predicted octanol–water partition coefficient (Wildman–Crippen LogP) is 1.76. The molecule has 18 heavy (non-hydrogen) atoms. The molecule has 1 atom stereocenters. The Kier molecular flexibility index (Phi) is 4.35. The van der Waals surface area contributed by atoms with Crippen molar-refractivity contribution in [1.82, 2.24) is 15.0 Å². The van der Waals surface area contributed by atoms with Crippen LogP contribution in [0.5, 0.6) is 0 Å². The fraction of sp³-hybridized carbons (Fsp3) is 0.846. The van der Waals surface area contributed by atoms with Gasteiger partial charge in [-0.3, -0.25) is 4.90 Å². The lowest BCUT2D eigenvalue weighted by Crippen LogP contribution is -2.45. The molecule has 1 aromatic rings. The first-order valence-corrected chi connectivity index (χ1v) is 6.85. The summed E-state index contributed by atoms with van der Waals surface area (Å²) in [6.07, 6.45) is 5.01. The molecule has 1 N–H and O–H groups in total. The molecule has 102 valence electrons. The van der Waals surface area contributed by atoms with Crippen LogP contribution in [0.4, 0.5) is 0 Å². The van der Waals surface area contributed by atoms with Gasteiger partial charge in [-0.05, 0) is 32.7 Å². The molecule has 0 amide bonds. The lowest BCUT2D eigenvalue weighted by molar-refractivity contribution is -0.0207. The Hall–Kier alpha value is -0.940. The lowest BCUT2D eigenvalue weighted by Gasteiger charge is -2.35. The van der Waals surface area contributed by atoms with Gasteiger partial charge in [0, 0.05) is 13.0 Å². The first-order valence-electron chi connectivity index (χ1n) is 6.85. The van der Waals surface area contributed by atoms with E-state index in [1.807, 2.05) is 6.92 Å². The summed E-state index contributed by atoms with van der Waals surface area (Å²) in [5.74, 6) is 1.47. The molecule has 1 fully saturated rings. The van der Waals surface area contributed by atoms with Crippen LogP contribution in [0.15, 0.2) is 4.52 Å². The molecular formula is C13H23N3O2. The third kappa shape index (κ3) is 3.78. The van der Waals surface area contributed by atoms with Gasteiger partial charge in [-0.15, -0.1) is 0 Å². The molecule has 1 saturated heterocycles. The van der Waals surface area contributed by atoms with Gasteiger partial charge >= 0.3 is 0 Å². The van der Waals surface area contributed by atoms with Crippen LogP contribution in [0.2, 0.25) is 0 Å². The topological polar surface area (TPSA) is 62.4 Å². The highest BCUT2D eigenvalue weighted by molar-refractivity contribution is 4.89. The molecule has 2 heterocycles. The molecule has 1 aromatic heterocycles. The van der Waals surface area contributed by atoms with Crippen LogP contribution in [-0.4, -0.2) is 38.8 Å². The second-order valence-electron chi connectivity index (χ2n) is 5.52. The number of aryl methyl sites for hydroxylation is 1. The zero-order valence-electron chi connectivity index (χ0n) is 11.4. The van der Waals surface area contributed by atoms with E-state index in [1.165, 1.54) is 0 Å². The largest absolute Gasteiger partial charge is 0.389 e. The fourth-order valence-corrected chi connectivity index (χ4v) is 2.44.